The van der Waals surface area contributed by atoms with E-state index in [1.54, 1.807) is 0 Å². The summed E-state index contributed by atoms with van der Waals surface area (Å²) < 4.78 is 7.40. The molecule has 1 amide bonds. The molecule has 2 heterocycles. The molecule has 0 spiro atoms. The molecule has 7 nitrogen and oxygen atoms in total. The number of aromatic nitrogens is 3. The van der Waals surface area contributed by atoms with Crippen molar-refractivity contribution >= 4 is 23.4 Å². The summed E-state index contributed by atoms with van der Waals surface area (Å²) in [4.78, 5) is 13.3. The molecule has 0 fully saturated rings. The minimum Gasteiger partial charge on any atom is -0.494 e. The first-order valence-electron chi connectivity index (χ1n) is 9.92. The number of nitrogens with one attached hydrogen (secondary N) is 2. The predicted octanol–water partition coefficient (Wildman–Crippen LogP) is 4.00. The number of thioether (sulfide) groups is 1. The van der Waals surface area contributed by atoms with Gasteiger partial charge < -0.3 is 15.5 Å². The van der Waals surface area contributed by atoms with Gasteiger partial charge in [-0.15, -0.1) is 10.2 Å². The van der Waals surface area contributed by atoms with Crippen LogP contribution in [0.4, 0.5) is 5.69 Å². The van der Waals surface area contributed by atoms with E-state index in [4.69, 9.17) is 4.74 Å². The van der Waals surface area contributed by atoms with Crippen molar-refractivity contribution in [3.05, 3.63) is 65.0 Å². The number of carbonyl (C=O) groups excluding carboxylic acids is 1. The van der Waals surface area contributed by atoms with Gasteiger partial charge in [-0.2, -0.15) is 0 Å². The Morgan fingerprint density at radius 3 is 2.67 bits per heavy atom. The van der Waals surface area contributed by atoms with Gasteiger partial charge in [-0.25, -0.2) is 4.68 Å². The topological polar surface area (TPSA) is 81.1 Å². The van der Waals surface area contributed by atoms with Crippen molar-refractivity contribution in [2.75, 3.05) is 17.3 Å². The van der Waals surface area contributed by atoms with Crippen molar-refractivity contribution in [2.24, 2.45) is 0 Å². The number of anilines is 1. The summed E-state index contributed by atoms with van der Waals surface area (Å²) in [5, 5.41) is 11.7. The second kappa shape index (κ2) is 8.39. The number of aryl methyl sites for hydroxylation is 3. The summed E-state index contributed by atoms with van der Waals surface area (Å²) >= 11 is 1.42. The lowest BCUT2D eigenvalue weighted by atomic mass is 10.0. The standard InChI is InChI=1S/C22H25N5O2S/c1-5-29-17-10-8-16(9-11-17)19-20(30-22-25-24-15(4)27(22)26-19)21(28)23-18-12-13(2)6-7-14(18)3/h6-12,19-20,26H,5H2,1-4H3,(H,23,28)/t19-,20+/m1/s1. The van der Waals surface area contributed by atoms with Crippen LogP contribution in [0.3, 0.4) is 0 Å². The minimum atomic E-state index is -0.418. The summed E-state index contributed by atoms with van der Waals surface area (Å²) in [6.45, 7) is 8.46. The van der Waals surface area contributed by atoms with Gasteiger partial charge in [0, 0.05) is 5.69 Å². The van der Waals surface area contributed by atoms with E-state index in [1.165, 1.54) is 11.8 Å². The maximum Gasteiger partial charge on any atom is 0.240 e. The fourth-order valence-electron chi connectivity index (χ4n) is 3.42. The van der Waals surface area contributed by atoms with Crippen molar-refractivity contribution in [2.45, 2.75) is 44.1 Å². The Balaban J connectivity index is 1.65. The molecule has 1 aromatic heterocycles. The van der Waals surface area contributed by atoms with Crippen LogP contribution in [0.15, 0.2) is 47.6 Å². The fourth-order valence-corrected chi connectivity index (χ4v) is 4.55. The first-order chi connectivity index (χ1) is 14.5. The zero-order valence-electron chi connectivity index (χ0n) is 17.5. The van der Waals surface area contributed by atoms with Gasteiger partial charge in [-0.1, -0.05) is 36.0 Å². The Kier molecular flexibility index (Phi) is 5.67. The first-order valence-corrected chi connectivity index (χ1v) is 10.8. The SMILES string of the molecule is CCOc1ccc([C@H]2Nn3c(C)nnc3S[C@@H]2C(=O)Nc2cc(C)ccc2C)cc1. The summed E-state index contributed by atoms with van der Waals surface area (Å²) in [5.74, 6) is 1.48. The second-order valence-electron chi connectivity index (χ2n) is 7.32. The van der Waals surface area contributed by atoms with Crippen LogP contribution in [-0.2, 0) is 4.79 Å². The van der Waals surface area contributed by atoms with E-state index in [9.17, 15) is 4.79 Å². The molecule has 1 aliphatic rings. The van der Waals surface area contributed by atoms with Gasteiger partial charge in [0.15, 0.2) is 0 Å². The maximum absolute atomic E-state index is 13.3. The average molecular weight is 424 g/mol. The highest BCUT2D eigenvalue weighted by Crippen LogP contribution is 2.38. The van der Waals surface area contributed by atoms with E-state index in [0.717, 1.165) is 34.0 Å². The van der Waals surface area contributed by atoms with Gasteiger partial charge in [0.2, 0.25) is 11.1 Å². The number of nitrogens with zero attached hydrogens (tertiary/aromatic N) is 3. The Bertz CT molecular complexity index is 1060. The number of benzene rings is 2. The highest BCUT2D eigenvalue weighted by Gasteiger charge is 2.37. The van der Waals surface area contributed by atoms with Crippen molar-refractivity contribution in [3.63, 3.8) is 0 Å². The van der Waals surface area contributed by atoms with E-state index < -0.39 is 5.25 Å². The van der Waals surface area contributed by atoms with Crippen LogP contribution >= 0.6 is 11.8 Å². The summed E-state index contributed by atoms with van der Waals surface area (Å²) in [5.41, 5.74) is 7.37. The molecule has 0 bridgehead atoms. The van der Waals surface area contributed by atoms with Crippen LogP contribution in [0.5, 0.6) is 5.75 Å². The molecule has 0 saturated heterocycles. The third kappa shape index (κ3) is 4.00. The monoisotopic (exact) mass is 423 g/mol. The van der Waals surface area contributed by atoms with Crippen molar-refractivity contribution in [1.29, 1.82) is 0 Å². The zero-order chi connectivity index (χ0) is 21.3. The number of rotatable bonds is 5. The number of hydrogen-bond donors (Lipinski definition) is 2. The molecule has 0 unspecified atom stereocenters. The molecule has 0 saturated carbocycles. The lowest BCUT2D eigenvalue weighted by Gasteiger charge is -2.33. The third-order valence-electron chi connectivity index (χ3n) is 5.06. The Morgan fingerprint density at radius 1 is 1.17 bits per heavy atom. The predicted molar refractivity (Wildman–Crippen MR) is 119 cm³/mol. The average Bonchev–Trinajstić information content (AvgIpc) is 3.10. The fraction of sp³-hybridized carbons (Fsp3) is 0.318. The molecule has 0 radical (unpaired) electrons. The van der Waals surface area contributed by atoms with E-state index >= 15 is 0 Å². The summed E-state index contributed by atoms with van der Waals surface area (Å²) in [6, 6.07) is 13.6. The van der Waals surface area contributed by atoms with E-state index in [0.29, 0.717) is 11.8 Å². The molecule has 156 valence electrons. The molecule has 1 aliphatic heterocycles. The Morgan fingerprint density at radius 2 is 1.93 bits per heavy atom. The molecule has 8 heteroatoms. The van der Waals surface area contributed by atoms with Crippen molar-refractivity contribution in [1.82, 2.24) is 14.9 Å². The molecular weight excluding hydrogens is 398 g/mol. The third-order valence-corrected chi connectivity index (χ3v) is 6.27. The van der Waals surface area contributed by atoms with Crippen LogP contribution in [-0.4, -0.2) is 32.6 Å². The Labute approximate surface area is 180 Å². The number of amides is 1. The quantitative estimate of drug-likeness (QED) is 0.646. The largest absolute Gasteiger partial charge is 0.494 e. The smallest absolute Gasteiger partial charge is 0.240 e. The molecule has 3 aromatic rings. The lowest BCUT2D eigenvalue weighted by molar-refractivity contribution is -0.116. The van der Waals surface area contributed by atoms with Crippen LogP contribution in [0.2, 0.25) is 0 Å². The molecule has 4 rings (SSSR count). The van der Waals surface area contributed by atoms with Gasteiger partial charge in [-0.05, 0) is 62.6 Å². The van der Waals surface area contributed by atoms with Crippen LogP contribution < -0.4 is 15.5 Å². The first kappa shape index (κ1) is 20.3. The van der Waals surface area contributed by atoms with E-state index in [-0.39, 0.29) is 11.9 Å². The molecule has 2 atom stereocenters. The zero-order valence-corrected chi connectivity index (χ0v) is 18.3. The van der Waals surface area contributed by atoms with E-state index in [2.05, 4.69) is 20.9 Å². The van der Waals surface area contributed by atoms with Crippen molar-refractivity contribution in [3.8, 4) is 5.75 Å². The molecule has 30 heavy (non-hydrogen) atoms. The minimum absolute atomic E-state index is 0.0769. The maximum atomic E-state index is 13.3. The second-order valence-corrected chi connectivity index (χ2v) is 8.43. The summed E-state index contributed by atoms with van der Waals surface area (Å²) in [7, 11) is 0. The van der Waals surface area contributed by atoms with Gasteiger partial charge >= 0.3 is 0 Å². The van der Waals surface area contributed by atoms with Gasteiger partial charge in [0.05, 0.1) is 12.6 Å². The van der Waals surface area contributed by atoms with Gasteiger partial charge in [0.25, 0.3) is 0 Å². The van der Waals surface area contributed by atoms with Crippen molar-refractivity contribution < 1.29 is 9.53 Å². The van der Waals surface area contributed by atoms with Crippen LogP contribution in [0.25, 0.3) is 0 Å². The summed E-state index contributed by atoms with van der Waals surface area (Å²) in [6.07, 6.45) is 0. The van der Waals surface area contributed by atoms with Gasteiger partial charge in [0.1, 0.15) is 16.8 Å². The number of ether oxygens (including phenoxy) is 1. The molecule has 2 N–H and O–H groups in total. The Hall–Kier alpha value is -3.00. The van der Waals surface area contributed by atoms with Crippen LogP contribution in [0, 0.1) is 20.8 Å². The highest BCUT2D eigenvalue weighted by molar-refractivity contribution is 8.00. The van der Waals surface area contributed by atoms with Gasteiger partial charge in [-0.3, -0.25) is 4.79 Å². The number of fused-ring (bicyclic) bond motifs is 1. The lowest BCUT2D eigenvalue weighted by Crippen LogP contribution is -2.41. The van der Waals surface area contributed by atoms with Crippen LogP contribution in [0.1, 0.15) is 35.5 Å². The normalized spacial score (nSPS) is 17.7. The molecule has 2 aromatic carbocycles. The molecular formula is C22H25N5O2S. The number of hydrogen-bond acceptors (Lipinski definition) is 6. The molecule has 0 aliphatic carbocycles. The number of carbonyl (C=O) groups is 1. The highest BCUT2D eigenvalue weighted by atomic mass is 32.2. The van der Waals surface area contributed by atoms with E-state index in [1.807, 2.05) is 74.8 Å².